The van der Waals surface area contributed by atoms with Crippen molar-refractivity contribution in [3.63, 3.8) is 0 Å². The molecule has 0 heterocycles. The summed E-state index contributed by atoms with van der Waals surface area (Å²) in [6, 6.07) is 8.89. The maximum atomic E-state index is 12.4. The summed E-state index contributed by atoms with van der Waals surface area (Å²) in [6.07, 6.45) is 0. The van der Waals surface area contributed by atoms with E-state index in [1.54, 1.807) is 12.1 Å². The van der Waals surface area contributed by atoms with Crippen molar-refractivity contribution in [2.75, 3.05) is 12.4 Å². The molecule has 2 aromatic rings. The molecule has 0 radical (unpaired) electrons. The number of non-ortho nitro benzene ring substituents is 1. The third kappa shape index (κ3) is 3.57. The number of nitrogens with one attached hydrogen (secondary N) is 1. The first kappa shape index (κ1) is 17.1. The summed E-state index contributed by atoms with van der Waals surface area (Å²) in [7, 11) is 1.16. The fraction of sp³-hybridized carbons (Fsp3) is 0.176. The number of nitro groups is 1. The topological polar surface area (TPSA) is 98.5 Å². The van der Waals surface area contributed by atoms with Gasteiger partial charge in [-0.05, 0) is 37.1 Å². The molecule has 2 aromatic carbocycles. The van der Waals surface area contributed by atoms with Gasteiger partial charge in [0.15, 0.2) is 0 Å². The lowest BCUT2D eigenvalue weighted by Crippen LogP contribution is -2.15. The molecule has 0 aliphatic heterocycles. The van der Waals surface area contributed by atoms with E-state index in [4.69, 9.17) is 0 Å². The molecule has 124 valence electrons. The number of hydrogen-bond donors (Lipinski definition) is 1. The highest BCUT2D eigenvalue weighted by Gasteiger charge is 2.19. The van der Waals surface area contributed by atoms with Gasteiger partial charge in [0.05, 0.1) is 17.6 Å². The van der Waals surface area contributed by atoms with E-state index in [0.29, 0.717) is 5.69 Å². The Bertz CT molecular complexity index is 830. The van der Waals surface area contributed by atoms with Crippen molar-refractivity contribution in [3.8, 4) is 0 Å². The molecule has 24 heavy (non-hydrogen) atoms. The average molecular weight is 328 g/mol. The summed E-state index contributed by atoms with van der Waals surface area (Å²) in [4.78, 5) is 34.4. The monoisotopic (exact) mass is 328 g/mol. The zero-order valence-electron chi connectivity index (χ0n) is 13.5. The quantitative estimate of drug-likeness (QED) is 0.527. The summed E-state index contributed by atoms with van der Waals surface area (Å²) in [6.45, 7) is 3.77. The molecule has 1 amide bonds. The van der Waals surface area contributed by atoms with Crippen LogP contribution in [0, 0.1) is 24.0 Å². The van der Waals surface area contributed by atoms with Gasteiger partial charge < -0.3 is 10.1 Å². The van der Waals surface area contributed by atoms with E-state index in [9.17, 15) is 19.7 Å². The second-order valence-electron chi connectivity index (χ2n) is 5.22. The number of methoxy groups -OCH3 is 1. The molecule has 0 aromatic heterocycles. The van der Waals surface area contributed by atoms with Gasteiger partial charge in [0.1, 0.15) is 0 Å². The molecule has 0 atom stereocenters. The van der Waals surface area contributed by atoms with Crippen LogP contribution in [0.2, 0.25) is 0 Å². The molecule has 0 fully saturated rings. The van der Waals surface area contributed by atoms with Gasteiger partial charge in [-0.1, -0.05) is 12.1 Å². The number of benzene rings is 2. The largest absolute Gasteiger partial charge is 0.465 e. The van der Waals surface area contributed by atoms with Crippen LogP contribution < -0.4 is 5.32 Å². The molecule has 0 aliphatic carbocycles. The Kier molecular flexibility index (Phi) is 4.93. The molecular formula is C17H16N2O5. The SMILES string of the molecule is COC(=O)c1cc(C(=O)Nc2cccc(C)c2C)cc([N+](=O)[O-])c1. The van der Waals surface area contributed by atoms with Gasteiger partial charge in [-0.2, -0.15) is 0 Å². The van der Waals surface area contributed by atoms with Crippen LogP contribution in [0.15, 0.2) is 36.4 Å². The third-order valence-corrected chi connectivity index (χ3v) is 3.66. The summed E-state index contributed by atoms with van der Waals surface area (Å²) >= 11 is 0. The minimum Gasteiger partial charge on any atom is -0.465 e. The van der Waals surface area contributed by atoms with Crippen LogP contribution in [0.5, 0.6) is 0 Å². The fourth-order valence-electron chi connectivity index (χ4n) is 2.16. The maximum Gasteiger partial charge on any atom is 0.338 e. The number of rotatable bonds is 4. The number of nitro benzene ring substituents is 1. The van der Waals surface area contributed by atoms with Crippen molar-refractivity contribution in [2.24, 2.45) is 0 Å². The predicted molar refractivity (Wildman–Crippen MR) is 88.3 cm³/mol. The summed E-state index contributed by atoms with van der Waals surface area (Å²) in [5, 5.41) is 13.7. The first-order valence-corrected chi connectivity index (χ1v) is 7.09. The van der Waals surface area contributed by atoms with E-state index >= 15 is 0 Å². The first-order chi connectivity index (χ1) is 11.3. The van der Waals surface area contributed by atoms with Crippen LogP contribution >= 0.6 is 0 Å². The van der Waals surface area contributed by atoms with E-state index in [1.807, 2.05) is 19.9 Å². The normalized spacial score (nSPS) is 10.1. The van der Waals surface area contributed by atoms with Crippen LogP contribution in [0.4, 0.5) is 11.4 Å². The highest BCUT2D eigenvalue weighted by Crippen LogP contribution is 2.22. The smallest absolute Gasteiger partial charge is 0.338 e. The van der Waals surface area contributed by atoms with Crippen molar-refractivity contribution >= 4 is 23.3 Å². The minimum absolute atomic E-state index is 0.00510. The van der Waals surface area contributed by atoms with Gasteiger partial charge >= 0.3 is 5.97 Å². The summed E-state index contributed by atoms with van der Waals surface area (Å²) in [5.41, 5.74) is 2.09. The zero-order valence-corrected chi connectivity index (χ0v) is 13.5. The molecular weight excluding hydrogens is 312 g/mol. The Morgan fingerprint density at radius 3 is 2.42 bits per heavy atom. The molecule has 0 unspecified atom stereocenters. The Labute approximate surface area is 138 Å². The first-order valence-electron chi connectivity index (χ1n) is 7.09. The molecule has 0 spiro atoms. The Hall–Kier alpha value is -3.22. The number of hydrogen-bond acceptors (Lipinski definition) is 5. The van der Waals surface area contributed by atoms with Crippen LogP contribution in [-0.2, 0) is 4.74 Å². The number of esters is 1. The highest BCUT2D eigenvalue weighted by atomic mass is 16.6. The second-order valence-corrected chi connectivity index (χ2v) is 5.22. The Balaban J connectivity index is 2.41. The standard InChI is InChI=1S/C17H16N2O5/c1-10-5-4-6-15(11(10)2)18-16(20)12-7-13(17(21)24-3)9-14(8-12)19(22)23/h4-9H,1-3H3,(H,18,20). The predicted octanol–water partition coefficient (Wildman–Crippen LogP) is 3.25. The molecule has 0 saturated carbocycles. The van der Waals surface area contributed by atoms with Crippen LogP contribution in [0.3, 0.4) is 0 Å². The number of amides is 1. The van der Waals surface area contributed by atoms with Gasteiger partial charge in [-0.25, -0.2) is 4.79 Å². The summed E-state index contributed by atoms with van der Waals surface area (Å²) < 4.78 is 4.57. The Morgan fingerprint density at radius 2 is 1.79 bits per heavy atom. The highest BCUT2D eigenvalue weighted by molar-refractivity contribution is 6.06. The van der Waals surface area contributed by atoms with E-state index in [2.05, 4.69) is 10.1 Å². The molecule has 0 bridgehead atoms. The third-order valence-electron chi connectivity index (χ3n) is 3.66. The molecule has 7 nitrogen and oxygen atoms in total. The van der Waals surface area contributed by atoms with Crippen molar-refractivity contribution in [2.45, 2.75) is 13.8 Å². The van der Waals surface area contributed by atoms with E-state index in [-0.39, 0.29) is 16.8 Å². The van der Waals surface area contributed by atoms with Crippen LogP contribution in [-0.4, -0.2) is 23.9 Å². The van der Waals surface area contributed by atoms with Crippen molar-refractivity contribution < 1.29 is 19.2 Å². The van der Waals surface area contributed by atoms with E-state index in [1.165, 1.54) is 6.07 Å². The van der Waals surface area contributed by atoms with Crippen molar-refractivity contribution in [1.29, 1.82) is 0 Å². The van der Waals surface area contributed by atoms with E-state index < -0.39 is 16.8 Å². The summed E-state index contributed by atoms with van der Waals surface area (Å²) in [5.74, 6) is -1.29. The number of nitrogens with zero attached hydrogens (tertiary/aromatic N) is 1. The number of carbonyl (C=O) groups excluding carboxylic acids is 2. The van der Waals surface area contributed by atoms with Gasteiger partial charge in [0.2, 0.25) is 0 Å². The maximum absolute atomic E-state index is 12.4. The minimum atomic E-state index is -0.750. The van der Waals surface area contributed by atoms with Crippen molar-refractivity contribution in [1.82, 2.24) is 0 Å². The molecule has 1 N–H and O–H groups in total. The molecule has 0 saturated heterocycles. The zero-order chi connectivity index (χ0) is 17.9. The van der Waals surface area contributed by atoms with Crippen LogP contribution in [0.25, 0.3) is 0 Å². The number of ether oxygens (including phenoxy) is 1. The second kappa shape index (κ2) is 6.91. The molecule has 2 rings (SSSR count). The van der Waals surface area contributed by atoms with Gasteiger partial charge in [-0.15, -0.1) is 0 Å². The van der Waals surface area contributed by atoms with Gasteiger partial charge in [-0.3, -0.25) is 14.9 Å². The number of aryl methyl sites for hydroxylation is 1. The Morgan fingerprint density at radius 1 is 1.12 bits per heavy atom. The fourth-order valence-corrected chi connectivity index (χ4v) is 2.16. The van der Waals surface area contributed by atoms with Gasteiger partial charge in [0, 0.05) is 23.4 Å². The molecule has 0 aliphatic rings. The lowest BCUT2D eigenvalue weighted by Gasteiger charge is -2.11. The number of anilines is 1. The molecule has 7 heteroatoms. The average Bonchev–Trinajstić information content (AvgIpc) is 2.57. The van der Waals surface area contributed by atoms with E-state index in [0.717, 1.165) is 30.4 Å². The number of carbonyl (C=O) groups is 2. The lowest BCUT2D eigenvalue weighted by molar-refractivity contribution is -0.384. The van der Waals surface area contributed by atoms with Crippen LogP contribution in [0.1, 0.15) is 31.8 Å². The van der Waals surface area contributed by atoms with Gasteiger partial charge in [0.25, 0.3) is 11.6 Å². The van der Waals surface area contributed by atoms with Crippen molar-refractivity contribution in [3.05, 3.63) is 68.8 Å². The lowest BCUT2D eigenvalue weighted by atomic mass is 10.1.